The van der Waals surface area contributed by atoms with Crippen LogP contribution in [0.1, 0.15) is 39.0 Å². The first-order valence-corrected chi connectivity index (χ1v) is 10.9. The molecule has 1 aromatic heterocycles. The molecule has 4 rings (SSSR count). The lowest BCUT2D eigenvalue weighted by molar-refractivity contribution is -0.121. The summed E-state index contributed by atoms with van der Waals surface area (Å²) in [6, 6.07) is 15.5. The number of benzene rings is 2. The standard InChI is InChI=1S/C25H20N2O5S/c1-14-19(24(30)31)5-4-6-20(14)26-25-27(3)23(29)22(33-25)13-18-11-12-21(32-18)17-9-7-16(8-10-17)15(2)28/h4-13H,1-3H3,(H,30,31)/b22-13-,26-25?. The second-order valence-electron chi connectivity index (χ2n) is 7.46. The van der Waals surface area contributed by atoms with Crippen molar-refractivity contribution in [1.82, 2.24) is 4.90 Å². The first-order chi connectivity index (χ1) is 15.7. The van der Waals surface area contributed by atoms with Crippen LogP contribution in [0.5, 0.6) is 0 Å². The van der Waals surface area contributed by atoms with E-state index in [0.717, 1.165) is 5.56 Å². The van der Waals surface area contributed by atoms with Crippen molar-refractivity contribution < 1.29 is 23.9 Å². The first-order valence-electron chi connectivity index (χ1n) is 10.0. The molecule has 1 saturated heterocycles. The van der Waals surface area contributed by atoms with Gasteiger partial charge in [-0.2, -0.15) is 0 Å². The summed E-state index contributed by atoms with van der Waals surface area (Å²) in [5.74, 6) is -0.127. The highest BCUT2D eigenvalue weighted by atomic mass is 32.2. The second kappa shape index (κ2) is 8.91. The molecule has 0 atom stereocenters. The maximum atomic E-state index is 12.7. The van der Waals surface area contributed by atoms with Gasteiger partial charge in [0, 0.05) is 24.3 Å². The zero-order valence-corrected chi connectivity index (χ0v) is 19.0. The number of carbonyl (C=O) groups excluding carboxylic acids is 2. The van der Waals surface area contributed by atoms with Gasteiger partial charge < -0.3 is 9.52 Å². The monoisotopic (exact) mass is 460 g/mol. The molecule has 0 bridgehead atoms. The fraction of sp³-hybridized carbons (Fsp3) is 0.120. The number of carboxylic acid groups (broad SMARTS) is 1. The van der Waals surface area contributed by atoms with Crippen LogP contribution in [0.25, 0.3) is 17.4 Å². The molecule has 0 spiro atoms. The summed E-state index contributed by atoms with van der Waals surface area (Å²) in [6.45, 7) is 3.20. The highest BCUT2D eigenvalue weighted by molar-refractivity contribution is 8.18. The zero-order chi connectivity index (χ0) is 23.7. The third-order valence-electron chi connectivity index (χ3n) is 5.23. The molecule has 2 heterocycles. The normalized spacial score (nSPS) is 16.1. The minimum Gasteiger partial charge on any atom is -0.478 e. The van der Waals surface area contributed by atoms with E-state index in [1.807, 2.05) is 12.1 Å². The van der Waals surface area contributed by atoms with Gasteiger partial charge in [0.1, 0.15) is 11.5 Å². The van der Waals surface area contributed by atoms with Crippen molar-refractivity contribution in [3.8, 4) is 11.3 Å². The van der Waals surface area contributed by atoms with Gasteiger partial charge in [0.2, 0.25) is 0 Å². The van der Waals surface area contributed by atoms with Gasteiger partial charge in [-0.3, -0.25) is 14.5 Å². The Bertz CT molecular complexity index is 1340. The average molecular weight is 461 g/mol. The highest BCUT2D eigenvalue weighted by Crippen LogP contribution is 2.35. The number of nitrogens with zero attached hydrogens (tertiary/aromatic N) is 2. The molecule has 1 amide bonds. The van der Waals surface area contributed by atoms with Gasteiger partial charge in [0.15, 0.2) is 11.0 Å². The predicted molar refractivity (Wildman–Crippen MR) is 128 cm³/mol. The van der Waals surface area contributed by atoms with Gasteiger partial charge in [-0.25, -0.2) is 9.79 Å². The maximum Gasteiger partial charge on any atom is 0.336 e. The quantitative estimate of drug-likeness (QED) is 0.405. The Balaban J connectivity index is 1.59. The number of carbonyl (C=O) groups is 3. The fourth-order valence-electron chi connectivity index (χ4n) is 3.31. The smallest absolute Gasteiger partial charge is 0.336 e. The van der Waals surface area contributed by atoms with Gasteiger partial charge in [-0.1, -0.05) is 30.3 Å². The van der Waals surface area contributed by atoms with E-state index in [9.17, 15) is 19.5 Å². The Labute approximate surface area is 194 Å². The Morgan fingerprint density at radius 2 is 1.82 bits per heavy atom. The average Bonchev–Trinajstić information content (AvgIpc) is 3.36. The van der Waals surface area contributed by atoms with Crippen LogP contribution >= 0.6 is 11.8 Å². The molecule has 33 heavy (non-hydrogen) atoms. The van der Waals surface area contributed by atoms with Gasteiger partial charge in [-0.15, -0.1) is 0 Å². The lowest BCUT2D eigenvalue weighted by atomic mass is 10.1. The van der Waals surface area contributed by atoms with Crippen LogP contribution in [-0.2, 0) is 4.79 Å². The summed E-state index contributed by atoms with van der Waals surface area (Å²) in [6.07, 6.45) is 1.65. The number of hydrogen-bond acceptors (Lipinski definition) is 6. The molecule has 0 saturated carbocycles. The molecule has 0 radical (unpaired) electrons. The van der Waals surface area contributed by atoms with Crippen molar-refractivity contribution in [3.05, 3.63) is 82.0 Å². The summed E-state index contributed by atoms with van der Waals surface area (Å²) in [5, 5.41) is 9.77. The number of aromatic carboxylic acids is 1. The van der Waals surface area contributed by atoms with Crippen LogP contribution in [0.2, 0.25) is 0 Å². The summed E-state index contributed by atoms with van der Waals surface area (Å²) in [5.41, 5.74) is 2.64. The zero-order valence-electron chi connectivity index (χ0n) is 18.2. The first kappa shape index (κ1) is 22.3. The van der Waals surface area contributed by atoms with E-state index in [1.165, 1.54) is 29.7 Å². The van der Waals surface area contributed by atoms with Gasteiger partial charge in [0.05, 0.1) is 16.2 Å². The van der Waals surface area contributed by atoms with E-state index in [1.54, 1.807) is 56.4 Å². The summed E-state index contributed by atoms with van der Waals surface area (Å²) in [7, 11) is 1.62. The number of thioether (sulfide) groups is 1. The Morgan fingerprint density at radius 3 is 2.48 bits per heavy atom. The van der Waals surface area contributed by atoms with E-state index in [4.69, 9.17) is 4.42 Å². The number of furan rings is 1. The largest absolute Gasteiger partial charge is 0.478 e. The second-order valence-corrected chi connectivity index (χ2v) is 8.47. The van der Waals surface area contributed by atoms with E-state index in [0.29, 0.717) is 38.4 Å². The highest BCUT2D eigenvalue weighted by Gasteiger charge is 2.31. The summed E-state index contributed by atoms with van der Waals surface area (Å²) >= 11 is 1.19. The van der Waals surface area contributed by atoms with E-state index in [-0.39, 0.29) is 17.3 Å². The minimum absolute atomic E-state index is 0.00495. The molecule has 7 nitrogen and oxygen atoms in total. The van der Waals surface area contributed by atoms with Crippen LogP contribution in [0.4, 0.5) is 5.69 Å². The molecule has 3 aromatic rings. The molecule has 166 valence electrons. The van der Waals surface area contributed by atoms with E-state index >= 15 is 0 Å². The van der Waals surface area contributed by atoms with Crippen molar-refractivity contribution in [2.75, 3.05) is 7.05 Å². The van der Waals surface area contributed by atoms with Gasteiger partial charge in [-0.05, 0) is 55.4 Å². The third kappa shape index (κ3) is 4.51. The number of aliphatic imine (C=N–C) groups is 1. The lowest BCUT2D eigenvalue weighted by Crippen LogP contribution is -2.23. The number of ketones is 1. The van der Waals surface area contributed by atoms with Crippen LogP contribution in [0, 0.1) is 6.92 Å². The molecular formula is C25H20N2O5S. The van der Waals surface area contributed by atoms with Crippen molar-refractivity contribution in [2.45, 2.75) is 13.8 Å². The summed E-state index contributed by atoms with van der Waals surface area (Å²) < 4.78 is 5.88. The van der Waals surface area contributed by atoms with E-state index in [2.05, 4.69) is 4.99 Å². The third-order valence-corrected chi connectivity index (χ3v) is 6.29. The lowest BCUT2D eigenvalue weighted by Gasteiger charge is -2.09. The van der Waals surface area contributed by atoms with Crippen molar-refractivity contribution in [3.63, 3.8) is 0 Å². The summed E-state index contributed by atoms with van der Waals surface area (Å²) in [4.78, 5) is 42.0. The number of Topliss-reactive ketones (excluding diaryl/α,β-unsaturated/α-hetero) is 1. The Kier molecular flexibility index (Phi) is 6.02. The molecular weight excluding hydrogens is 440 g/mol. The molecule has 1 aliphatic heterocycles. The SMILES string of the molecule is CC(=O)c1ccc(-c2ccc(/C=C3\SC(=Nc4cccc(C(=O)O)c4C)N(C)C3=O)o2)cc1. The molecule has 1 N–H and O–H groups in total. The molecule has 1 fully saturated rings. The maximum absolute atomic E-state index is 12.7. The number of amides is 1. The van der Waals surface area contributed by atoms with Gasteiger partial charge in [0.25, 0.3) is 5.91 Å². The topological polar surface area (TPSA) is 100 Å². The van der Waals surface area contributed by atoms with Crippen LogP contribution in [0.15, 0.2) is 68.9 Å². The fourth-order valence-corrected chi connectivity index (χ4v) is 4.27. The van der Waals surface area contributed by atoms with Crippen molar-refractivity contribution >= 4 is 46.4 Å². The van der Waals surface area contributed by atoms with Gasteiger partial charge >= 0.3 is 5.97 Å². The molecule has 1 aliphatic rings. The molecule has 0 aliphatic carbocycles. The molecule has 2 aromatic carbocycles. The predicted octanol–water partition coefficient (Wildman–Crippen LogP) is 5.39. The number of likely N-dealkylation sites (N-methyl/N-ethyl adjacent to an activating group) is 1. The Morgan fingerprint density at radius 1 is 1.09 bits per heavy atom. The van der Waals surface area contributed by atoms with Crippen LogP contribution < -0.4 is 0 Å². The number of amidine groups is 1. The van der Waals surface area contributed by atoms with Crippen molar-refractivity contribution in [1.29, 1.82) is 0 Å². The van der Waals surface area contributed by atoms with Crippen LogP contribution in [0.3, 0.4) is 0 Å². The number of rotatable bonds is 5. The van der Waals surface area contributed by atoms with E-state index < -0.39 is 5.97 Å². The van der Waals surface area contributed by atoms with Crippen LogP contribution in [-0.4, -0.2) is 39.9 Å². The molecule has 0 unspecified atom stereocenters. The van der Waals surface area contributed by atoms with Crippen molar-refractivity contribution in [2.24, 2.45) is 4.99 Å². The minimum atomic E-state index is -1.02. The number of hydrogen-bond donors (Lipinski definition) is 1. The Hall–Kier alpha value is -3.91. The molecule has 8 heteroatoms. The number of carboxylic acids is 1.